The molecule has 1 aliphatic rings. The molecule has 0 unspecified atom stereocenters. The van der Waals surface area contributed by atoms with Gasteiger partial charge in [-0.3, -0.25) is 9.13 Å². The van der Waals surface area contributed by atoms with E-state index in [9.17, 15) is 0 Å². The van der Waals surface area contributed by atoms with Crippen LogP contribution in [0.2, 0.25) is 0 Å². The molecule has 212 valence electrons. The van der Waals surface area contributed by atoms with Crippen LogP contribution in [0, 0.1) is 0 Å². The molecule has 3 aromatic heterocycles. The Hall–Kier alpha value is -5.29. The maximum Gasteiger partial charge on any atom is 0.240 e. The lowest BCUT2D eigenvalue weighted by atomic mass is 9.82. The van der Waals surface area contributed by atoms with Crippen molar-refractivity contribution in [2.24, 2.45) is 0 Å². The van der Waals surface area contributed by atoms with Gasteiger partial charge in [0, 0.05) is 27.1 Å². The van der Waals surface area contributed by atoms with Crippen molar-refractivity contribution in [3.05, 3.63) is 127 Å². The molecule has 0 saturated heterocycles. The van der Waals surface area contributed by atoms with Crippen molar-refractivity contribution < 1.29 is 0 Å². The molecule has 9 rings (SSSR count). The van der Waals surface area contributed by atoms with Gasteiger partial charge in [-0.05, 0) is 48.6 Å². The Morgan fingerprint density at radius 1 is 0.432 bits per heavy atom. The smallest absolute Gasteiger partial charge is 0.240 e. The standard InChI is InChI=1S/C39H31N5/c1-2-14-26(15-3-1)27-16-4-5-21-32(27)37-40-38(43-33-22-10-6-17-28(33)29-18-7-11-23-34(29)43)42-39(41-37)44-35-24-12-8-19-30(35)31-20-9-13-25-36(31)44/h4-13,16-26H,1-3,14-15H2. The number of fused-ring (bicyclic) bond motifs is 6. The largest absolute Gasteiger partial charge is 0.278 e. The van der Waals surface area contributed by atoms with Gasteiger partial charge in [-0.15, -0.1) is 0 Å². The zero-order chi connectivity index (χ0) is 29.0. The van der Waals surface area contributed by atoms with Crippen LogP contribution in [0.15, 0.2) is 121 Å². The maximum absolute atomic E-state index is 5.30. The van der Waals surface area contributed by atoms with E-state index in [1.807, 2.05) is 0 Å². The summed E-state index contributed by atoms with van der Waals surface area (Å²) in [6.07, 6.45) is 6.29. The lowest BCUT2D eigenvalue weighted by molar-refractivity contribution is 0.444. The number of rotatable bonds is 4. The van der Waals surface area contributed by atoms with Crippen LogP contribution in [-0.2, 0) is 0 Å². The lowest BCUT2D eigenvalue weighted by Crippen LogP contribution is -2.12. The summed E-state index contributed by atoms with van der Waals surface area (Å²) >= 11 is 0. The molecular formula is C39H31N5. The summed E-state index contributed by atoms with van der Waals surface area (Å²) in [7, 11) is 0. The van der Waals surface area contributed by atoms with Gasteiger partial charge in [0.25, 0.3) is 0 Å². The first-order valence-corrected chi connectivity index (χ1v) is 15.7. The average Bonchev–Trinajstić information content (AvgIpc) is 3.62. The highest BCUT2D eigenvalue weighted by Crippen LogP contribution is 2.39. The van der Waals surface area contributed by atoms with E-state index in [0.717, 1.165) is 33.5 Å². The summed E-state index contributed by atoms with van der Waals surface area (Å²) in [4.78, 5) is 15.9. The van der Waals surface area contributed by atoms with Gasteiger partial charge in [0.2, 0.25) is 11.9 Å². The van der Waals surface area contributed by atoms with E-state index in [4.69, 9.17) is 15.0 Å². The minimum Gasteiger partial charge on any atom is -0.278 e. The zero-order valence-corrected chi connectivity index (χ0v) is 24.4. The van der Waals surface area contributed by atoms with Gasteiger partial charge in [0.1, 0.15) is 0 Å². The number of aromatic nitrogens is 5. The molecule has 0 aliphatic heterocycles. The van der Waals surface area contributed by atoms with Crippen LogP contribution in [-0.4, -0.2) is 24.1 Å². The monoisotopic (exact) mass is 569 g/mol. The molecular weight excluding hydrogens is 538 g/mol. The summed E-state index contributed by atoms with van der Waals surface area (Å²) in [6, 6.07) is 42.9. The van der Waals surface area contributed by atoms with E-state index in [-0.39, 0.29) is 0 Å². The SMILES string of the molecule is c1ccc(C2CCCCC2)c(-c2nc(-n3c4ccccc4c4ccccc43)nc(-n3c4ccccc4c4ccccc43)n2)c1. The second-order valence-electron chi connectivity index (χ2n) is 11.9. The van der Waals surface area contributed by atoms with Crippen LogP contribution < -0.4 is 0 Å². The number of para-hydroxylation sites is 4. The first kappa shape index (κ1) is 25.2. The molecule has 3 heterocycles. The molecule has 44 heavy (non-hydrogen) atoms. The van der Waals surface area contributed by atoms with Crippen LogP contribution in [0.3, 0.4) is 0 Å². The molecule has 0 atom stereocenters. The molecule has 0 spiro atoms. The number of nitrogens with zero attached hydrogens (tertiary/aromatic N) is 5. The Balaban J connectivity index is 1.38. The molecule has 5 nitrogen and oxygen atoms in total. The van der Waals surface area contributed by atoms with Crippen molar-refractivity contribution in [3.63, 3.8) is 0 Å². The second kappa shape index (κ2) is 10.2. The Kier molecular flexibility index (Phi) is 5.83. The highest BCUT2D eigenvalue weighted by Gasteiger charge is 2.23. The zero-order valence-electron chi connectivity index (χ0n) is 24.4. The van der Waals surface area contributed by atoms with Gasteiger partial charge in [0.05, 0.1) is 22.1 Å². The Morgan fingerprint density at radius 2 is 0.841 bits per heavy atom. The fourth-order valence-corrected chi connectivity index (χ4v) is 7.42. The quantitative estimate of drug-likeness (QED) is 0.212. The van der Waals surface area contributed by atoms with Gasteiger partial charge >= 0.3 is 0 Å². The van der Waals surface area contributed by atoms with E-state index in [1.165, 1.54) is 59.2 Å². The number of hydrogen-bond acceptors (Lipinski definition) is 3. The van der Waals surface area contributed by atoms with E-state index in [0.29, 0.717) is 17.8 Å². The van der Waals surface area contributed by atoms with Crippen molar-refractivity contribution >= 4 is 43.6 Å². The maximum atomic E-state index is 5.30. The third-order valence-electron chi connectivity index (χ3n) is 9.42. The van der Waals surface area contributed by atoms with Crippen LogP contribution in [0.4, 0.5) is 0 Å². The minimum absolute atomic E-state index is 0.519. The molecule has 0 radical (unpaired) electrons. The highest BCUT2D eigenvalue weighted by atomic mass is 15.3. The Bertz CT molecular complexity index is 2100. The van der Waals surface area contributed by atoms with Gasteiger partial charge in [-0.25, -0.2) is 0 Å². The van der Waals surface area contributed by atoms with E-state index in [1.54, 1.807) is 0 Å². The summed E-state index contributed by atoms with van der Waals surface area (Å²) in [5, 5.41) is 4.74. The van der Waals surface area contributed by atoms with Crippen LogP contribution >= 0.6 is 0 Å². The first-order valence-electron chi connectivity index (χ1n) is 15.7. The molecule has 0 bridgehead atoms. The van der Waals surface area contributed by atoms with Gasteiger partial charge < -0.3 is 0 Å². The van der Waals surface area contributed by atoms with Crippen LogP contribution in [0.1, 0.15) is 43.6 Å². The summed E-state index contributed by atoms with van der Waals surface area (Å²) in [5.41, 5.74) is 6.78. The van der Waals surface area contributed by atoms with Gasteiger partial charge in [-0.2, -0.15) is 15.0 Å². The summed E-state index contributed by atoms with van der Waals surface area (Å²) in [5.74, 6) is 2.49. The fourth-order valence-electron chi connectivity index (χ4n) is 7.42. The van der Waals surface area contributed by atoms with Crippen molar-refractivity contribution in [2.45, 2.75) is 38.0 Å². The normalized spacial score (nSPS) is 14.3. The molecule has 5 heteroatoms. The molecule has 0 N–H and O–H groups in total. The summed E-state index contributed by atoms with van der Waals surface area (Å²) in [6.45, 7) is 0. The van der Waals surface area contributed by atoms with Crippen molar-refractivity contribution in [3.8, 4) is 23.3 Å². The second-order valence-corrected chi connectivity index (χ2v) is 11.9. The van der Waals surface area contributed by atoms with E-state index in [2.05, 4.69) is 130 Å². The van der Waals surface area contributed by atoms with Crippen molar-refractivity contribution in [2.75, 3.05) is 0 Å². The minimum atomic E-state index is 0.519. The predicted molar refractivity (Wildman–Crippen MR) is 180 cm³/mol. The van der Waals surface area contributed by atoms with Crippen LogP contribution in [0.25, 0.3) is 66.9 Å². The Labute approximate surface area is 255 Å². The lowest BCUT2D eigenvalue weighted by Gasteiger charge is -2.24. The molecule has 1 fully saturated rings. The summed E-state index contributed by atoms with van der Waals surface area (Å²) < 4.78 is 4.41. The van der Waals surface area contributed by atoms with Crippen molar-refractivity contribution in [1.82, 2.24) is 24.1 Å². The van der Waals surface area contributed by atoms with Crippen molar-refractivity contribution in [1.29, 1.82) is 0 Å². The van der Waals surface area contributed by atoms with E-state index >= 15 is 0 Å². The Morgan fingerprint density at radius 3 is 1.32 bits per heavy atom. The van der Waals surface area contributed by atoms with Crippen LogP contribution in [0.5, 0.6) is 0 Å². The molecule has 8 aromatic rings. The highest BCUT2D eigenvalue weighted by molar-refractivity contribution is 6.10. The fraction of sp³-hybridized carbons (Fsp3) is 0.154. The van der Waals surface area contributed by atoms with Gasteiger partial charge in [-0.1, -0.05) is 116 Å². The number of benzene rings is 5. The third kappa shape index (κ3) is 3.89. The first-order chi connectivity index (χ1) is 21.8. The van der Waals surface area contributed by atoms with E-state index < -0.39 is 0 Å². The molecule has 1 saturated carbocycles. The number of hydrogen-bond donors (Lipinski definition) is 0. The average molecular weight is 570 g/mol. The third-order valence-corrected chi connectivity index (χ3v) is 9.42. The predicted octanol–water partition coefficient (Wildman–Crippen LogP) is 9.78. The molecule has 0 amide bonds. The molecule has 1 aliphatic carbocycles. The molecule has 5 aromatic carbocycles. The van der Waals surface area contributed by atoms with Gasteiger partial charge in [0.15, 0.2) is 5.82 Å². The topological polar surface area (TPSA) is 48.5 Å².